The molecule has 4 rings (SSSR count). The molecule has 1 saturated carbocycles. The van der Waals surface area contributed by atoms with Crippen molar-refractivity contribution in [3.8, 4) is 0 Å². The van der Waals surface area contributed by atoms with E-state index in [-0.39, 0.29) is 17.6 Å². The van der Waals surface area contributed by atoms with Gasteiger partial charge in [0.2, 0.25) is 5.91 Å². The van der Waals surface area contributed by atoms with Gasteiger partial charge in [0.1, 0.15) is 10.8 Å². The van der Waals surface area contributed by atoms with Gasteiger partial charge in [0.15, 0.2) is 5.16 Å². The molecule has 2 aromatic rings. The summed E-state index contributed by atoms with van der Waals surface area (Å²) in [6.45, 7) is 0. The fraction of sp³-hybridized carbons (Fsp3) is 0.600. The molecule has 1 amide bonds. The summed E-state index contributed by atoms with van der Waals surface area (Å²) in [5.74, 6) is 1.19. The van der Waals surface area contributed by atoms with Crippen molar-refractivity contribution in [3.63, 3.8) is 0 Å². The van der Waals surface area contributed by atoms with E-state index in [4.69, 9.17) is 4.74 Å². The lowest BCUT2D eigenvalue weighted by Gasteiger charge is -2.20. The van der Waals surface area contributed by atoms with Gasteiger partial charge >= 0.3 is 5.97 Å². The molecule has 0 bridgehead atoms. The number of nitrogens with zero attached hydrogens (tertiary/aromatic N) is 3. The Morgan fingerprint density at radius 3 is 2.76 bits per heavy atom. The lowest BCUT2D eigenvalue weighted by molar-refractivity contribution is -0.113. The van der Waals surface area contributed by atoms with Crippen LogP contribution in [0.15, 0.2) is 5.16 Å². The Labute approximate surface area is 178 Å². The van der Waals surface area contributed by atoms with Gasteiger partial charge in [-0.05, 0) is 37.7 Å². The smallest absolute Gasteiger partial charge is 0.341 e. The van der Waals surface area contributed by atoms with Gasteiger partial charge in [-0.1, -0.05) is 31.0 Å². The number of thioether (sulfide) groups is 1. The van der Waals surface area contributed by atoms with Crippen LogP contribution in [0, 0.1) is 0 Å². The number of fused-ring (bicyclic) bond motifs is 1. The number of hydrogen-bond donors (Lipinski definition) is 1. The third-order valence-electron chi connectivity index (χ3n) is 5.74. The van der Waals surface area contributed by atoms with Gasteiger partial charge in [-0.3, -0.25) is 4.79 Å². The first-order valence-corrected chi connectivity index (χ1v) is 11.9. The van der Waals surface area contributed by atoms with Crippen molar-refractivity contribution in [1.82, 2.24) is 14.8 Å². The average molecular weight is 435 g/mol. The van der Waals surface area contributed by atoms with Crippen LogP contribution in [0.25, 0.3) is 0 Å². The molecule has 2 aromatic heterocycles. The zero-order chi connectivity index (χ0) is 20.4. The van der Waals surface area contributed by atoms with Crippen molar-refractivity contribution >= 4 is 40.0 Å². The molecule has 2 heterocycles. The third-order valence-corrected chi connectivity index (χ3v) is 7.96. The van der Waals surface area contributed by atoms with E-state index in [1.165, 1.54) is 54.3 Å². The summed E-state index contributed by atoms with van der Waals surface area (Å²) in [6.07, 6.45) is 8.99. The first-order valence-electron chi connectivity index (χ1n) is 10.1. The van der Waals surface area contributed by atoms with Crippen LogP contribution >= 0.6 is 23.1 Å². The van der Waals surface area contributed by atoms with E-state index in [0.717, 1.165) is 48.6 Å². The Balaban J connectivity index is 1.40. The number of ether oxygens (including phenoxy) is 1. The third kappa shape index (κ3) is 4.21. The van der Waals surface area contributed by atoms with Crippen LogP contribution in [0.1, 0.15) is 71.1 Å². The van der Waals surface area contributed by atoms with E-state index < -0.39 is 0 Å². The number of hydrogen-bond acceptors (Lipinski definition) is 7. The number of carbonyl (C=O) groups is 2. The van der Waals surface area contributed by atoms with E-state index in [1.807, 2.05) is 11.6 Å². The fourth-order valence-electron chi connectivity index (χ4n) is 4.27. The molecule has 0 radical (unpaired) electrons. The van der Waals surface area contributed by atoms with E-state index in [1.54, 1.807) is 0 Å². The minimum atomic E-state index is -0.377. The molecule has 29 heavy (non-hydrogen) atoms. The predicted molar refractivity (Wildman–Crippen MR) is 114 cm³/mol. The number of anilines is 1. The minimum absolute atomic E-state index is 0.151. The van der Waals surface area contributed by atoms with Gasteiger partial charge in [-0.15, -0.1) is 21.5 Å². The second-order valence-corrected chi connectivity index (χ2v) is 9.67. The van der Waals surface area contributed by atoms with Crippen molar-refractivity contribution in [2.75, 3.05) is 18.2 Å². The molecule has 7 nitrogen and oxygen atoms in total. The quantitative estimate of drug-likeness (QED) is 0.548. The lowest BCUT2D eigenvalue weighted by atomic mass is 9.89. The number of thiophene rings is 1. The maximum atomic E-state index is 12.6. The van der Waals surface area contributed by atoms with Crippen molar-refractivity contribution < 1.29 is 14.3 Å². The van der Waals surface area contributed by atoms with Gasteiger partial charge in [0.05, 0.1) is 18.4 Å². The predicted octanol–water partition coefficient (Wildman–Crippen LogP) is 3.93. The Morgan fingerprint density at radius 1 is 1.21 bits per heavy atom. The number of methoxy groups -OCH3 is 1. The highest BCUT2D eigenvalue weighted by Crippen LogP contribution is 2.39. The summed E-state index contributed by atoms with van der Waals surface area (Å²) in [5.41, 5.74) is 1.57. The molecule has 0 atom stereocenters. The molecule has 9 heteroatoms. The highest BCUT2D eigenvalue weighted by atomic mass is 32.2. The Hall–Kier alpha value is -1.87. The van der Waals surface area contributed by atoms with Crippen LogP contribution in [-0.2, 0) is 29.4 Å². The number of nitrogens with one attached hydrogen (secondary N) is 1. The summed E-state index contributed by atoms with van der Waals surface area (Å²) in [7, 11) is 3.35. The number of carbonyl (C=O) groups excluding carboxylic acids is 2. The molecule has 156 valence electrons. The van der Waals surface area contributed by atoms with Gasteiger partial charge in [-0.25, -0.2) is 4.79 Å². The van der Waals surface area contributed by atoms with Crippen LogP contribution < -0.4 is 5.32 Å². The number of aryl methyl sites for hydroxylation is 1. The summed E-state index contributed by atoms with van der Waals surface area (Å²) in [4.78, 5) is 26.0. The molecule has 0 aromatic carbocycles. The van der Waals surface area contributed by atoms with E-state index >= 15 is 0 Å². The lowest BCUT2D eigenvalue weighted by Crippen LogP contribution is -2.16. The van der Waals surface area contributed by atoms with Crippen LogP contribution in [-0.4, -0.2) is 39.5 Å². The fourth-order valence-corrected chi connectivity index (χ4v) is 6.28. The van der Waals surface area contributed by atoms with Crippen molar-refractivity contribution in [3.05, 3.63) is 21.8 Å². The van der Waals surface area contributed by atoms with Crippen LogP contribution in [0.4, 0.5) is 5.00 Å². The Bertz CT molecular complexity index is 915. The van der Waals surface area contributed by atoms with Crippen LogP contribution in [0.5, 0.6) is 0 Å². The normalized spacial score (nSPS) is 16.6. The molecule has 0 unspecified atom stereocenters. The molecule has 2 aliphatic rings. The first-order chi connectivity index (χ1) is 14.1. The standard InChI is InChI=1S/C20H26N4O3S2/c1-24-17(12-7-4-3-5-8-12)22-23-20(24)28-11-15(25)21-18-16(19(26)27-2)13-9-6-10-14(13)29-18/h12H,3-11H2,1-2H3,(H,21,25). The van der Waals surface area contributed by atoms with Crippen molar-refractivity contribution in [2.24, 2.45) is 7.05 Å². The minimum Gasteiger partial charge on any atom is -0.465 e. The summed E-state index contributed by atoms with van der Waals surface area (Å²) >= 11 is 2.87. The van der Waals surface area contributed by atoms with E-state index in [9.17, 15) is 9.59 Å². The van der Waals surface area contributed by atoms with E-state index in [2.05, 4.69) is 15.5 Å². The second kappa shape index (κ2) is 8.87. The average Bonchev–Trinajstić information content (AvgIpc) is 3.41. The summed E-state index contributed by atoms with van der Waals surface area (Å²) in [6, 6.07) is 0. The molecular formula is C20H26N4O3S2. The van der Waals surface area contributed by atoms with Crippen LogP contribution in [0.2, 0.25) is 0 Å². The van der Waals surface area contributed by atoms with Gasteiger partial charge in [0.25, 0.3) is 0 Å². The molecular weight excluding hydrogens is 408 g/mol. The topological polar surface area (TPSA) is 86.1 Å². The maximum Gasteiger partial charge on any atom is 0.341 e. The molecule has 0 saturated heterocycles. The SMILES string of the molecule is COC(=O)c1c(NC(=O)CSc2nnc(C3CCCCC3)n2C)sc2c1CCC2. The molecule has 1 N–H and O–H groups in total. The van der Waals surface area contributed by atoms with E-state index in [0.29, 0.717) is 16.5 Å². The maximum absolute atomic E-state index is 12.6. The first kappa shape index (κ1) is 20.4. The number of rotatable bonds is 6. The summed E-state index contributed by atoms with van der Waals surface area (Å²) in [5, 5.41) is 13.0. The second-order valence-electron chi connectivity index (χ2n) is 7.62. The van der Waals surface area contributed by atoms with Crippen LogP contribution in [0.3, 0.4) is 0 Å². The zero-order valence-electron chi connectivity index (χ0n) is 16.8. The zero-order valence-corrected chi connectivity index (χ0v) is 18.5. The molecule has 1 fully saturated rings. The Morgan fingerprint density at radius 2 is 2.00 bits per heavy atom. The molecule has 2 aliphatic carbocycles. The Kier molecular flexibility index (Phi) is 6.24. The monoisotopic (exact) mass is 434 g/mol. The molecule has 0 spiro atoms. The van der Waals surface area contributed by atoms with Gasteiger partial charge < -0.3 is 14.6 Å². The van der Waals surface area contributed by atoms with Crippen molar-refractivity contribution in [2.45, 2.75) is 62.4 Å². The van der Waals surface area contributed by atoms with Crippen molar-refractivity contribution in [1.29, 1.82) is 0 Å². The number of amides is 1. The highest BCUT2D eigenvalue weighted by Gasteiger charge is 2.28. The van der Waals surface area contributed by atoms with Gasteiger partial charge in [0, 0.05) is 17.8 Å². The molecule has 0 aliphatic heterocycles. The largest absolute Gasteiger partial charge is 0.465 e. The van der Waals surface area contributed by atoms with Gasteiger partial charge in [-0.2, -0.15) is 0 Å². The number of aromatic nitrogens is 3. The number of esters is 1. The highest BCUT2D eigenvalue weighted by molar-refractivity contribution is 7.99. The summed E-state index contributed by atoms with van der Waals surface area (Å²) < 4.78 is 6.96.